The van der Waals surface area contributed by atoms with Crippen LogP contribution in [0.15, 0.2) is 18.5 Å². The Morgan fingerprint density at radius 1 is 1.33 bits per heavy atom. The van der Waals surface area contributed by atoms with Crippen molar-refractivity contribution in [2.24, 2.45) is 0 Å². The van der Waals surface area contributed by atoms with Crippen LogP contribution in [-0.4, -0.2) is 15.0 Å². The zero-order chi connectivity index (χ0) is 6.10. The number of nitrogens with zero attached hydrogens (tertiary/aromatic N) is 1. The van der Waals surface area contributed by atoms with E-state index in [0.29, 0.717) is 0 Å². The van der Waals surface area contributed by atoms with E-state index < -0.39 is 0 Å². The predicted octanol–water partition coefficient (Wildman–Crippen LogP) is 0.387. The molecule has 44 valence electrons. The molecule has 0 spiro atoms. The highest BCUT2D eigenvalue weighted by atomic mass is 28.3. The van der Waals surface area contributed by atoms with Gasteiger partial charge in [-0.25, -0.2) is 0 Å². The van der Waals surface area contributed by atoms with Crippen LogP contribution in [0.2, 0.25) is 0 Å². The average molecular weight is 137 g/mol. The van der Waals surface area contributed by atoms with Crippen molar-refractivity contribution < 1.29 is 8.85 Å². The molecule has 0 saturated heterocycles. The normalized spacial score (nSPS) is 13.8. The maximum absolute atomic E-state index is 5.06. The van der Waals surface area contributed by atoms with Crippen molar-refractivity contribution in [2.45, 2.75) is 0 Å². The first-order chi connectivity index (χ1) is 4.47. The second-order valence-electron chi connectivity index (χ2n) is 1.61. The van der Waals surface area contributed by atoms with E-state index in [2.05, 4.69) is 4.98 Å². The molecule has 3 nitrogen and oxygen atoms in total. The second-order valence-corrected chi connectivity index (χ2v) is 2.18. The molecule has 0 bridgehead atoms. The van der Waals surface area contributed by atoms with Crippen LogP contribution in [0.1, 0.15) is 0 Å². The SMILES string of the molecule is c1cc2c(cn1)O[Si]O2. The van der Waals surface area contributed by atoms with Gasteiger partial charge in [0.25, 0.3) is 0 Å². The molecule has 1 aliphatic rings. The van der Waals surface area contributed by atoms with Crippen LogP contribution >= 0.6 is 0 Å². The number of hydrogen-bond donors (Lipinski definition) is 0. The Morgan fingerprint density at radius 2 is 2.22 bits per heavy atom. The smallest absolute Gasteiger partial charge is 0.505 e. The summed E-state index contributed by atoms with van der Waals surface area (Å²) in [5.41, 5.74) is 0. The fraction of sp³-hybridized carbons (Fsp3) is 0. The number of rotatable bonds is 0. The number of aromatic nitrogens is 1. The Hall–Kier alpha value is -1.03. The maximum Gasteiger partial charge on any atom is 0.610 e. The van der Waals surface area contributed by atoms with Crippen molar-refractivity contribution in [2.75, 3.05) is 0 Å². The molecule has 2 radical (unpaired) electrons. The van der Waals surface area contributed by atoms with Gasteiger partial charge < -0.3 is 8.85 Å². The Balaban J connectivity index is 2.54. The van der Waals surface area contributed by atoms with Gasteiger partial charge in [-0.1, -0.05) is 0 Å². The van der Waals surface area contributed by atoms with Crippen molar-refractivity contribution in [3.05, 3.63) is 18.5 Å². The van der Waals surface area contributed by atoms with Crippen LogP contribution in [0, 0.1) is 0 Å². The van der Waals surface area contributed by atoms with Crippen molar-refractivity contribution in [3.8, 4) is 11.5 Å². The van der Waals surface area contributed by atoms with Crippen molar-refractivity contribution in [1.82, 2.24) is 4.98 Å². The Kier molecular flexibility index (Phi) is 0.926. The van der Waals surface area contributed by atoms with Crippen LogP contribution < -0.4 is 8.85 Å². The molecule has 0 unspecified atom stereocenters. The minimum absolute atomic E-state index is 0.106. The minimum atomic E-state index is 0.106. The molecule has 1 aromatic heterocycles. The van der Waals surface area contributed by atoms with Gasteiger partial charge >= 0.3 is 10.0 Å². The number of pyridine rings is 1. The Morgan fingerprint density at radius 3 is 3.11 bits per heavy atom. The van der Waals surface area contributed by atoms with Crippen LogP contribution in [0.5, 0.6) is 11.5 Å². The summed E-state index contributed by atoms with van der Waals surface area (Å²) in [6.45, 7) is 0. The second kappa shape index (κ2) is 1.73. The quantitative estimate of drug-likeness (QED) is 0.485. The largest absolute Gasteiger partial charge is 0.610 e. The molecule has 1 aliphatic heterocycles. The molecule has 1 aromatic rings. The summed E-state index contributed by atoms with van der Waals surface area (Å²) in [5, 5.41) is 0. The molecular formula is C5H3NO2Si. The highest BCUT2D eigenvalue weighted by Gasteiger charge is 2.14. The molecule has 2 rings (SSSR count). The van der Waals surface area contributed by atoms with Gasteiger partial charge in [0.15, 0.2) is 11.5 Å². The Bertz CT molecular complexity index is 205. The molecule has 0 N–H and O–H groups in total. The topological polar surface area (TPSA) is 31.4 Å². The molecule has 0 atom stereocenters. The van der Waals surface area contributed by atoms with Gasteiger partial charge in [0.2, 0.25) is 0 Å². The highest BCUT2D eigenvalue weighted by molar-refractivity contribution is 6.22. The third-order valence-electron chi connectivity index (χ3n) is 1.05. The van der Waals surface area contributed by atoms with Gasteiger partial charge in [-0.2, -0.15) is 0 Å². The van der Waals surface area contributed by atoms with E-state index in [9.17, 15) is 0 Å². The van der Waals surface area contributed by atoms with E-state index in [4.69, 9.17) is 8.85 Å². The van der Waals surface area contributed by atoms with Gasteiger partial charge in [0.05, 0.1) is 6.20 Å². The van der Waals surface area contributed by atoms with Gasteiger partial charge in [0, 0.05) is 12.3 Å². The van der Waals surface area contributed by atoms with Gasteiger partial charge in [-0.15, -0.1) is 0 Å². The lowest BCUT2D eigenvalue weighted by Gasteiger charge is -1.90. The summed E-state index contributed by atoms with van der Waals surface area (Å²) in [7, 11) is 0.106. The molecule has 4 heteroatoms. The summed E-state index contributed by atoms with van der Waals surface area (Å²) in [5.74, 6) is 1.54. The molecule has 9 heavy (non-hydrogen) atoms. The predicted molar refractivity (Wildman–Crippen MR) is 31.2 cm³/mol. The average Bonchev–Trinajstić information content (AvgIpc) is 2.33. The standard InChI is InChI=1S/C5H3NO2Si/c1-2-6-3-5-4(1)7-9-8-5/h1-3H. The Labute approximate surface area is 54.7 Å². The van der Waals surface area contributed by atoms with Crippen LogP contribution in [-0.2, 0) is 0 Å². The summed E-state index contributed by atoms with van der Waals surface area (Å²) < 4.78 is 10.1. The van der Waals surface area contributed by atoms with E-state index in [1.165, 1.54) is 0 Å². The van der Waals surface area contributed by atoms with E-state index >= 15 is 0 Å². The summed E-state index contributed by atoms with van der Waals surface area (Å²) in [4.78, 5) is 3.86. The van der Waals surface area contributed by atoms with E-state index in [1.807, 2.05) is 0 Å². The lowest BCUT2D eigenvalue weighted by Crippen LogP contribution is -1.99. The third-order valence-corrected chi connectivity index (χ3v) is 1.66. The van der Waals surface area contributed by atoms with Gasteiger partial charge in [-0.3, -0.25) is 4.98 Å². The molecule has 0 amide bonds. The lowest BCUT2D eigenvalue weighted by atomic mass is 10.4. The summed E-state index contributed by atoms with van der Waals surface area (Å²) in [6.07, 6.45) is 3.33. The highest BCUT2D eigenvalue weighted by Crippen LogP contribution is 2.28. The van der Waals surface area contributed by atoms with Crippen LogP contribution in [0.25, 0.3) is 0 Å². The zero-order valence-corrected chi connectivity index (χ0v) is 5.50. The first-order valence-electron chi connectivity index (χ1n) is 2.49. The molecule has 0 fully saturated rings. The van der Waals surface area contributed by atoms with Crippen molar-refractivity contribution >= 4 is 10.0 Å². The molecular weight excluding hydrogens is 134 g/mol. The molecule has 0 aliphatic carbocycles. The fourth-order valence-corrected chi connectivity index (χ4v) is 1.18. The van der Waals surface area contributed by atoms with Gasteiger partial charge in [-0.05, 0) is 0 Å². The zero-order valence-electron chi connectivity index (χ0n) is 4.50. The fourth-order valence-electron chi connectivity index (χ4n) is 0.639. The first kappa shape index (κ1) is 4.81. The number of fused-ring (bicyclic) bond motifs is 1. The van der Waals surface area contributed by atoms with Crippen molar-refractivity contribution in [3.63, 3.8) is 0 Å². The van der Waals surface area contributed by atoms with Crippen LogP contribution in [0.3, 0.4) is 0 Å². The summed E-state index contributed by atoms with van der Waals surface area (Å²) >= 11 is 0. The minimum Gasteiger partial charge on any atom is -0.505 e. The lowest BCUT2D eigenvalue weighted by molar-refractivity contribution is 0.541. The monoisotopic (exact) mass is 137 g/mol. The number of hydrogen-bond acceptors (Lipinski definition) is 3. The van der Waals surface area contributed by atoms with E-state index in [1.54, 1.807) is 18.5 Å². The molecule has 2 heterocycles. The maximum atomic E-state index is 5.06. The summed E-state index contributed by atoms with van der Waals surface area (Å²) in [6, 6.07) is 1.79. The van der Waals surface area contributed by atoms with Crippen LogP contribution in [0.4, 0.5) is 0 Å². The van der Waals surface area contributed by atoms with E-state index in [-0.39, 0.29) is 10.0 Å². The van der Waals surface area contributed by atoms with Gasteiger partial charge in [0.1, 0.15) is 0 Å². The van der Waals surface area contributed by atoms with E-state index in [0.717, 1.165) is 11.5 Å². The molecule has 0 aromatic carbocycles. The third kappa shape index (κ3) is 0.674. The van der Waals surface area contributed by atoms with Crippen molar-refractivity contribution in [1.29, 1.82) is 0 Å². The molecule has 0 saturated carbocycles. The first-order valence-corrected chi connectivity index (χ1v) is 3.31.